The topological polar surface area (TPSA) is 140 Å². The Bertz CT molecular complexity index is 927. The fourth-order valence-corrected chi connectivity index (χ4v) is 3.93. The number of carbonyl (C=O) groups is 3. The number of esters is 2. The summed E-state index contributed by atoms with van der Waals surface area (Å²) >= 11 is 1.97. The lowest BCUT2D eigenvalue weighted by Crippen LogP contribution is -2.46. The van der Waals surface area contributed by atoms with Crippen molar-refractivity contribution in [3.63, 3.8) is 0 Å². The summed E-state index contributed by atoms with van der Waals surface area (Å²) in [6.45, 7) is 5.09. The first-order chi connectivity index (χ1) is 15.0. The molecular weight excluding hydrogens is 535 g/mol. The number of likely N-dealkylation sites (tertiary alicyclic amines) is 1. The third kappa shape index (κ3) is 6.16. The molecule has 0 aliphatic carbocycles. The van der Waals surface area contributed by atoms with Gasteiger partial charge in [-0.3, -0.25) is 9.69 Å². The van der Waals surface area contributed by atoms with Crippen molar-refractivity contribution in [2.45, 2.75) is 44.9 Å². The van der Waals surface area contributed by atoms with Crippen LogP contribution in [0.25, 0.3) is 10.4 Å². The van der Waals surface area contributed by atoms with E-state index >= 15 is 0 Å². The molecular formula is C20H25IN4O7. The molecule has 0 bridgehead atoms. The molecule has 1 heterocycles. The second-order valence-corrected chi connectivity index (χ2v) is 9.06. The minimum atomic E-state index is -1.11. The molecule has 0 aromatic heterocycles. The van der Waals surface area contributed by atoms with E-state index < -0.39 is 41.7 Å². The smallest absolute Gasteiger partial charge is 0.411 e. The molecule has 174 valence electrons. The summed E-state index contributed by atoms with van der Waals surface area (Å²) in [5, 5.41) is 3.62. The van der Waals surface area contributed by atoms with Crippen LogP contribution in [0.5, 0.6) is 5.75 Å². The molecule has 3 atom stereocenters. The zero-order valence-electron chi connectivity index (χ0n) is 18.4. The fourth-order valence-electron chi connectivity index (χ4n) is 3.33. The quantitative estimate of drug-likeness (QED) is 0.128. The predicted molar refractivity (Wildman–Crippen MR) is 121 cm³/mol. The molecule has 32 heavy (non-hydrogen) atoms. The van der Waals surface area contributed by atoms with E-state index in [2.05, 4.69) is 10.0 Å². The number of hydrogen-bond acceptors (Lipinski definition) is 8. The molecule has 1 amide bonds. The summed E-state index contributed by atoms with van der Waals surface area (Å²) in [7, 11) is 2.43. The lowest BCUT2D eigenvalue weighted by Gasteiger charge is -2.28. The van der Waals surface area contributed by atoms with Crippen LogP contribution in [0.2, 0.25) is 0 Å². The van der Waals surface area contributed by atoms with Gasteiger partial charge in [-0.05, 0) is 55.0 Å². The molecule has 1 fully saturated rings. The Balaban J connectivity index is 2.46. The van der Waals surface area contributed by atoms with Crippen molar-refractivity contribution < 1.29 is 33.3 Å². The van der Waals surface area contributed by atoms with Gasteiger partial charge < -0.3 is 18.9 Å². The van der Waals surface area contributed by atoms with Gasteiger partial charge in [0.1, 0.15) is 23.5 Å². The maximum Gasteiger partial charge on any atom is 0.411 e. The lowest BCUT2D eigenvalue weighted by atomic mass is 9.94. The zero-order chi connectivity index (χ0) is 24.1. The summed E-state index contributed by atoms with van der Waals surface area (Å²) in [6, 6.07) is 3.82. The number of amides is 1. The molecule has 1 aliphatic heterocycles. The van der Waals surface area contributed by atoms with Crippen LogP contribution in [0.3, 0.4) is 0 Å². The Morgan fingerprint density at radius 3 is 2.50 bits per heavy atom. The van der Waals surface area contributed by atoms with E-state index in [9.17, 15) is 14.4 Å². The van der Waals surface area contributed by atoms with E-state index in [1.807, 2.05) is 22.6 Å². The number of nitrogens with zero attached hydrogens (tertiary/aromatic N) is 4. The number of carbonyl (C=O) groups excluding carboxylic acids is 3. The normalized spacial score (nSPS) is 20.2. The predicted octanol–water partition coefficient (Wildman–Crippen LogP) is 3.95. The summed E-state index contributed by atoms with van der Waals surface area (Å²) in [4.78, 5) is 41.6. The van der Waals surface area contributed by atoms with Crippen LogP contribution < -0.4 is 4.74 Å². The highest BCUT2D eigenvalue weighted by Crippen LogP contribution is 2.37. The first-order valence-corrected chi connectivity index (χ1v) is 10.7. The molecule has 1 aromatic carbocycles. The largest absolute Gasteiger partial charge is 0.487 e. The number of azide groups is 1. The van der Waals surface area contributed by atoms with Crippen molar-refractivity contribution in [3.05, 3.63) is 32.2 Å². The lowest BCUT2D eigenvalue weighted by molar-refractivity contribution is -0.149. The molecule has 2 rings (SSSR count). The van der Waals surface area contributed by atoms with Crippen LogP contribution >= 0.6 is 22.6 Å². The second-order valence-electron chi connectivity index (χ2n) is 7.98. The minimum Gasteiger partial charge on any atom is -0.487 e. The fraction of sp³-hybridized carbons (Fsp3) is 0.550. The second kappa shape index (κ2) is 10.7. The van der Waals surface area contributed by atoms with Gasteiger partial charge in [0.15, 0.2) is 0 Å². The van der Waals surface area contributed by atoms with Gasteiger partial charge in [0.05, 0.1) is 36.4 Å². The number of rotatable bonds is 6. The highest BCUT2D eigenvalue weighted by molar-refractivity contribution is 14.1. The van der Waals surface area contributed by atoms with Crippen molar-refractivity contribution >= 4 is 46.3 Å². The molecule has 1 saturated heterocycles. The molecule has 11 nitrogen and oxygen atoms in total. The van der Waals surface area contributed by atoms with Crippen LogP contribution in [0.15, 0.2) is 23.3 Å². The number of benzene rings is 1. The Kier molecular flexibility index (Phi) is 8.56. The van der Waals surface area contributed by atoms with Gasteiger partial charge in [-0.2, -0.15) is 0 Å². The first-order valence-electron chi connectivity index (χ1n) is 9.67. The summed E-state index contributed by atoms with van der Waals surface area (Å²) in [5.41, 5.74) is 8.32. The average molecular weight is 560 g/mol. The maximum absolute atomic E-state index is 12.9. The molecule has 1 aromatic rings. The standard InChI is InChI=1S/C20H25IN4O7/c1-20(2,3)32-19(28)25-10-14(11(9-15(26)29-4)17(25)18(27)30-5)31-13-8-6-7-12(16(13)21)23-24-22/h6-8,11,14,17H,9-10H2,1-5H3/t11-,14-,17-/m0/s1. The third-order valence-corrected chi connectivity index (χ3v) is 5.75. The molecule has 0 spiro atoms. The molecule has 0 N–H and O–H groups in total. The highest BCUT2D eigenvalue weighted by atomic mass is 127. The van der Waals surface area contributed by atoms with Crippen molar-refractivity contribution in [2.75, 3.05) is 20.8 Å². The van der Waals surface area contributed by atoms with Crippen LogP contribution in [0.1, 0.15) is 27.2 Å². The number of halogens is 1. The van der Waals surface area contributed by atoms with E-state index in [0.29, 0.717) is 15.0 Å². The van der Waals surface area contributed by atoms with E-state index in [4.69, 9.17) is 24.5 Å². The van der Waals surface area contributed by atoms with Gasteiger partial charge in [0.2, 0.25) is 0 Å². The van der Waals surface area contributed by atoms with Crippen molar-refractivity contribution in [2.24, 2.45) is 11.0 Å². The monoisotopic (exact) mass is 560 g/mol. The zero-order valence-corrected chi connectivity index (χ0v) is 20.6. The number of ether oxygens (including phenoxy) is 4. The van der Waals surface area contributed by atoms with Crippen molar-refractivity contribution in [1.82, 2.24) is 4.90 Å². The van der Waals surface area contributed by atoms with Gasteiger partial charge in [-0.15, -0.1) is 0 Å². The van der Waals surface area contributed by atoms with E-state index in [0.717, 1.165) is 0 Å². The van der Waals surface area contributed by atoms with Gasteiger partial charge in [-0.25, -0.2) is 9.59 Å². The molecule has 1 aliphatic rings. The molecule has 12 heteroatoms. The van der Waals surface area contributed by atoms with Crippen LogP contribution in [-0.2, 0) is 23.8 Å². The van der Waals surface area contributed by atoms with Gasteiger partial charge in [0, 0.05) is 10.8 Å². The van der Waals surface area contributed by atoms with Gasteiger partial charge >= 0.3 is 18.0 Å². The van der Waals surface area contributed by atoms with Gasteiger partial charge in [0.25, 0.3) is 0 Å². The van der Waals surface area contributed by atoms with Crippen LogP contribution in [0, 0.1) is 9.49 Å². The molecule has 0 unspecified atom stereocenters. The van der Waals surface area contributed by atoms with Crippen molar-refractivity contribution in [1.29, 1.82) is 0 Å². The molecule has 0 saturated carbocycles. The van der Waals surface area contributed by atoms with Crippen LogP contribution in [0.4, 0.5) is 10.5 Å². The Hall–Kier alpha value is -2.73. The van der Waals surface area contributed by atoms with E-state index in [-0.39, 0.29) is 13.0 Å². The van der Waals surface area contributed by atoms with Gasteiger partial charge in [-0.1, -0.05) is 17.2 Å². The van der Waals surface area contributed by atoms with E-state index in [1.54, 1.807) is 39.0 Å². The summed E-state index contributed by atoms with van der Waals surface area (Å²) in [5.74, 6) is -1.65. The maximum atomic E-state index is 12.9. The SMILES string of the molecule is COC(=O)C[C@H]1[C@@H](Oc2cccc(N=[N+]=[N-])c2I)CN(C(=O)OC(C)(C)C)[C@@H]1C(=O)OC. The van der Waals surface area contributed by atoms with Crippen LogP contribution in [-0.4, -0.2) is 61.4 Å². The summed E-state index contributed by atoms with van der Waals surface area (Å²) in [6.07, 6.45) is -1.68. The highest BCUT2D eigenvalue weighted by Gasteiger charge is 2.52. The minimum absolute atomic E-state index is 0.0296. The first kappa shape index (κ1) is 25.5. The number of hydrogen-bond donors (Lipinski definition) is 0. The molecule has 0 radical (unpaired) electrons. The van der Waals surface area contributed by atoms with Crippen molar-refractivity contribution in [3.8, 4) is 5.75 Å². The average Bonchev–Trinajstić information content (AvgIpc) is 3.07. The number of methoxy groups -OCH3 is 2. The van der Waals surface area contributed by atoms with E-state index in [1.165, 1.54) is 19.1 Å². The Labute approximate surface area is 199 Å². The third-order valence-electron chi connectivity index (χ3n) is 4.67. The Morgan fingerprint density at radius 1 is 1.25 bits per heavy atom. The summed E-state index contributed by atoms with van der Waals surface area (Å²) < 4.78 is 21.8. The Morgan fingerprint density at radius 2 is 1.94 bits per heavy atom.